The molecule has 0 fully saturated rings. The number of aromatic nitrogens is 1. The second-order valence-electron chi connectivity index (χ2n) is 3.98. The summed E-state index contributed by atoms with van der Waals surface area (Å²) in [5.41, 5.74) is 3.42. The molecule has 3 nitrogen and oxygen atoms in total. The first kappa shape index (κ1) is 10.5. The van der Waals surface area contributed by atoms with E-state index < -0.39 is 0 Å². The molecule has 3 rings (SSSR count). The van der Waals surface area contributed by atoms with Crippen LogP contribution in [0.1, 0.15) is 5.56 Å². The second-order valence-corrected chi connectivity index (χ2v) is 3.98. The number of fused-ring (bicyclic) bond motifs is 1. The van der Waals surface area contributed by atoms with Crippen LogP contribution in [-0.2, 0) is 6.42 Å². The number of benzene rings is 2. The summed E-state index contributed by atoms with van der Waals surface area (Å²) in [4.78, 5) is 4.45. The van der Waals surface area contributed by atoms with Gasteiger partial charge in [-0.05, 0) is 23.8 Å². The number of hydrogen-bond acceptors (Lipinski definition) is 3. The molecular formula is C15H10N2O. The van der Waals surface area contributed by atoms with Crippen LogP contribution >= 0.6 is 0 Å². The minimum Gasteiger partial charge on any atom is -0.436 e. The Kier molecular flexibility index (Phi) is 2.54. The Morgan fingerprint density at radius 3 is 2.67 bits per heavy atom. The molecule has 0 atom stereocenters. The van der Waals surface area contributed by atoms with Crippen LogP contribution in [0, 0.1) is 11.3 Å². The third kappa shape index (κ3) is 1.74. The minimum atomic E-state index is 0.356. The maximum Gasteiger partial charge on any atom is 0.227 e. The Bertz CT molecular complexity index is 704. The lowest BCUT2D eigenvalue weighted by Crippen LogP contribution is -1.87. The van der Waals surface area contributed by atoms with Gasteiger partial charge in [0.1, 0.15) is 5.52 Å². The SMILES string of the molecule is N#CCc1ccccc1-c1nc2ccccc2o1. The Morgan fingerprint density at radius 1 is 1.06 bits per heavy atom. The van der Waals surface area contributed by atoms with E-state index in [1.165, 1.54) is 0 Å². The largest absolute Gasteiger partial charge is 0.436 e. The van der Waals surface area contributed by atoms with E-state index in [0.717, 1.165) is 22.2 Å². The zero-order chi connectivity index (χ0) is 12.4. The number of hydrogen-bond donors (Lipinski definition) is 0. The summed E-state index contributed by atoms with van der Waals surface area (Å²) in [6, 6.07) is 17.5. The van der Waals surface area contributed by atoms with Crippen molar-refractivity contribution in [2.45, 2.75) is 6.42 Å². The van der Waals surface area contributed by atoms with Crippen molar-refractivity contribution in [2.24, 2.45) is 0 Å². The normalized spacial score (nSPS) is 10.4. The smallest absolute Gasteiger partial charge is 0.227 e. The first-order chi connectivity index (χ1) is 8.88. The second kappa shape index (κ2) is 4.34. The summed E-state index contributed by atoms with van der Waals surface area (Å²) in [5, 5.41) is 8.83. The molecule has 3 heteroatoms. The first-order valence-corrected chi connectivity index (χ1v) is 5.69. The van der Waals surface area contributed by atoms with Gasteiger partial charge in [0.25, 0.3) is 0 Å². The van der Waals surface area contributed by atoms with Gasteiger partial charge < -0.3 is 4.42 Å². The van der Waals surface area contributed by atoms with Gasteiger partial charge >= 0.3 is 0 Å². The average molecular weight is 234 g/mol. The maximum absolute atomic E-state index is 8.83. The molecule has 2 aromatic carbocycles. The summed E-state index contributed by atoms with van der Waals surface area (Å²) in [5.74, 6) is 0.571. The summed E-state index contributed by atoms with van der Waals surface area (Å²) >= 11 is 0. The predicted molar refractivity (Wildman–Crippen MR) is 68.8 cm³/mol. The van der Waals surface area contributed by atoms with Crippen LogP contribution in [-0.4, -0.2) is 4.98 Å². The molecule has 0 unspecified atom stereocenters. The Balaban J connectivity index is 2.17. The van der Waals surface area contributed by atoms with E-state index in [1.807, 2.05) is 48.5 Å². The van der Waals surface area contributed by atoms with Crippen molar-refractivity contribution in [3.05, 3.63) is 54.1 Å². The highest BCUT2D eigenvalue weighted by atomic mass is 16.3. The Labute approximate surface area is 104 Å². The molecule has 86 valence electrons. The molecule has 0 N–H and O–H groups in total. The third-order valence-electron chi connectivity index (χ3n) is 2.81. The standard InChI is InChI=1S/C15H10N2O/c16-10-9-11-5-1-2-6-12(11)15-17-13-7-3-4-8-14(13)18-15/h1-8H,9H2. The highest BCUT2D eigenvalue weighted by Crippen LogP contribution is 2.26. The minimum absolute atomic E-state index is 0.356. The van der Waals surface area contributed by atoms with E-state index in [9.17, 15) is 0 Å². The van der Waals surface area contributed by atoms with Crippen LogP contribution < -0.4 is 0 Å². The number of nitrogens with zero attached hydrogens (tertiary/aromatic N) is 2. The molecule has 0 saturated carbocycles. The van der Waals surface area contributed by atoms with Crippen LogP contribution in [0.15, 0.2) is 52.9 Å². The van der Waals surface area contributed by atoms with Gasteiger partial charge in [0.15, 0.2) is 5.58 Å². The molecule has 0 saturated heterocycles. The number of para-hydroxylation sites is 2. The molecular weight excluding hydrogens is 224 g/mol. The molecule has 0 aliphatic heterocycles. The van der Waals surface area contributed by atoms with Crippen LogP contribution in [0.25, 0.3) is 22.6 Å². The lowest BCUT2D eigenvalue weighted by molar-refractivity contribution is 0.619. The molecule has 0 amide bonds. The summed E-state index contributed by atoms with van der Waals surface area (Å²) in [6.45, 7) is 0. The van der Waals surface area contributed by atoms with E-state index in [2.05, 4.69) is 11.1 Å². The highest BCUT2D eigenvalue weighted by Gasteiger charge is 2.11. The molecule has 0 aliphatic carbocycles. The van der Waals surface area contributed by atoms with Gasteiger partial charge in [0.05, 0.1) is 12.5 Å². The van der Waals surface area contributed by atoms with Crippen LogP contribution in [0.2, 0.25) is 0 Å². The number of rotatable bonds is 2. The van der Waals surface area contributed by atoms with Gasteiger partial charge in [-0.25, -0.2) is 4.98 Å². The van der Waals surface area contributed by atoms with Gasteiger partial charge in [-0.15, -0.1) is 0 Å². The van der Waals surface area contributed by atoms with Crippen molar-refractivity contribution >= 4 is 11.1 Å². The zero-order valence-corrected chi connectivity index (χ0v) is 9.63. The number of nitriles is 1. The fraction of sp³-hybridized carbons (Fsp3) is 0.0667. The Morgan fingerprint density at radius 2 is 1.83 bits per heavy atom. The molecule has 18 heavy (non-hydrogen) atoms. The predicted octanol–water partition coefficient (Wildman–Crippen LogP) is 3.56. The van der Waals surface area contributed by atoms with E-state index in [4.69, 9.17) is 9.68 Å². The van der Waals surface area contributed by atoms with Crippen LogP contribution in [0.3, 0.4) is 0 Å². The van der Waals surface area contributed by atoms with E-state index in [0.29, 0.717) is 12.3 Å². The van der Waals surface area contributed by atoms with Crippen molar-refractivity contribution in [3.63, 3.8) is 0 Å². The molecule has 3 aromatic rings. The molecule has 1 aromatic heterocycles. The summed E-state index contributed by atoms with van der Waals surface area (Å²) in [6.07, 6.45) is 0.356. The number of oxazole rings is 1. The van der Waals surface area contributed by atoms with Gasteiger partial charge in [-0.2, -0.15) is 5.26 Å². The van der Waals surface area contributed by atoms with E-state index >= 15 is 0 Å². The molecule has 0 radical (unpaired) electrons. The van der Waals surface area contributed by atoms with Crippen molar-refractivity contribution in [1.82, 2.24) is 4.98 Å². The molecule has 0 aliphatic rings. The lowest BCUT2D eigenvalue weighted by atomic mass is 10.1. The van der Waals surface area contributed by atoms with Crippen molar-refractivity contribution < 1.29 is 4.42 Å². The van der Waals surface area contributed by atoms with Gasteiger partial charge in [-0.1, -0.05) is 30.3 Å². The van der Waals surface area contributed by atoms with Gasteiger partial charge in [-0.3, -0.25) is 0 Å². The molecule has 1 heterocycles. The molecule has 0 spiro atoms. The van der Waals surface area contributed by atoms with E-state index in [1.54, 1.807) is 0 Å². The molecule has 0 bridgehead atoms. The monoisotopic (exact) mass is 234 g/mol. The van der Waals surface area contributed by atoms with Crippen molar-refractivity contribution in [2.75, 3.05) is 0 Å². The fourth-order valence-corrected chi connectivity index (χ4v) is 1.96. The average Bonchev–Trinajstić information content (AvgIpc) is 2.83. The Hall–Kier alpha value is -2.60. The van der Waals surface area contributed by atoms with Crippen LogP contribution in [0.5, 0.6) is 0 Å². The summed E-state index contributed by atoms with van der Waals surface area (Å²) < 4.78 is 5.72. The van der Waals surface area contributed by atoms with Gasteiger partial charge in [0, 0.05) is 5.56 Å². The van der Waals surface area contributed by atoms with Crippen molar-refractivity contribution in [3.8, 4) is 17.5 Å². The van der Waals surface area contributed by atoms with Crippen LogP contribution in [0.4, 0.5) is 0 Å². The highest BCUT2D eigenvalue weighted by molar-refractivity contribution is 5.76. The lowest BCUT2D eigenvalue weighted by Gasteiger charge is -2.01. The maximum atomic E-state index is 8.83. The zero-order valence-electron chi connectivity index (χ0n) is 9.63. The third-order valence-corrected chi connectivity index (χ3v) is 2.81. The van der Waals surface area contributed by atoms with Crippen molar-refractivity contribution in [1.29, 1.82) is 5.26 Å². The quantitative estimate of drug-likeness (QED) is 0.681. The summed E-state index contributed by atoms with van der Waals surface area (Å²) in [7, 11) is 0. The fourth-order valence-electron chi connectivity index (χ4n) is 1.96. The topological polar surface area (TPSA) is 49.8 Å². The van der Waals surface area contributed by atoms with Gasteiger partial charge in [0.2, 0.25) is 5.89 Å². The van der Waals surface area contributed by atoms with E-state index in [-0.39, 0.29) is 0 Å². The first-order valence-electron chi connectivity index (χ1n) is 5.69.